The van der Waals surface area contributed by atoms with Gasteiger partial charge in [0.25, 0.3) is 17.2 Å². The molecule has 0 aliphatic rings. The van der Waals surface area contributed by atoms with Crippen molar-refractivity contribution in [3.05, 3.63) is 103 Å². The van der Waals surface area contributed by atoms with Crippen molar-refractivity contribution in [2.45, 2.75) is 13.0 Å². The van der Waals surface area contributed by atoms with Crippen LogP contribution >= 0.6 is 11.6 Å². The van der Waals surface area contributed by atoms with Crippen LogP contribution < -0.4 is 10.9 Å². The van der Waals surface area contributed by atoms with Crippen LogP contribution in [-0.4, -0.2) is 21.2 Å². The lowest BCUT2D eigenvalue weighted by Gasteiger charge is -2.19. The van der Waals surface area contributed by atoms with E-state index in [2.05, 4.69) is 5.32 Å². The summed E-state index contributed by atoms with van der Waals surface area (Å²) < 4.78 is 0.914. The molecule has 0 bridgehead atoms. The molecular weight excluding hydrogens is 410 g/mol. The molecule has 3 aromatic rings. The molecule has 1 atom stereocenters. The normalized spacial score (nSPS) is 11.5. The van der Waals surface area contributed by atoms with Crippen molar-refractivity contribution in [3.8, 4) is 0 Å². The molecule has 0 spiro atoms. The summed E-state index contributed by atoms with van der Waals surface area (Å²) in [5, 5.41) is 13.9. The summed E-state index contributed by atoms with van der Waals surface area (Å²) in [6.07, 6.45) is 1.18. The predicted molar refractivity (Wildman–Crippen MR) is 112 cm³/mol. The van der Waals surface area contributed by atoms with Crippen molar-refractivity contribution in [1.29, 1.82) is 0 Å². The van der Waals surface area contributed by atoms with Gasteiger partial charge in [-0.25, -0.2) is 0 Å². The molecule has 1 amide bonds. The molecule has 30 heavy (non-hydrogen) atoms. The van der Waals surface area contributed by atoms with Crippen molar-refractivity contribution in [2.24, 2.45) is 0 Å². The van der Waals surface area contributed by atoms with Gasteiger partial charge in [-0.3, -0.25) is 29.1 Å². The van der Waals surface area contributed by atoms with Gasteiger partial charge in [0.05, 0.1) is 9.95 Å². The maximum atomic E-state index is 13.2. The van der Waals surface area contributed by atoms with Crippen molar-refractivity contribution < 1.29 is 14.5 Å². The number of aromatic nitrogens is 1. The van der Waals surface area contributed by atoms with Gasteiger partial charge in [0, 0.05) is 35.6 Å². The number of aryl methyl sites for hydroxylation is 1. The number of rotatable bonds is 6. The SMILES string of the molecule is Cc1ccccc1NC(=O)C(C(=O)c1cccc([N+](=O)[O-])c1)n1cc(Cl)ccc1=O. The number of halogens is 1. The first kappa shape index (κ1) is 20.9. The molecule has 1 unspecified atom stereocenters. The second-order valence-electron chi connectivity index (χ2n) is 6.47. The van der Waals surface area contributed by atoms with Crippen LogP contribution in [0, 0.1) is 17.0 Å². The third-order valence-electron chi connectivity index (χ3n) is 4.42. The number of non-ortho nitro benzene ring substituents is 1. The lowest BCUT2D eigenvalue weighted by Crippen LogP contribution is -2.38. The Balaban J connectivity index is 2.09. The molecule has 1 heterocycles. The quantitative estimate of drug-likeness (QED) is 0.279. The number of pyridine rings is 1. The van der Waals surface area contributed by atoms with Crippen LogP contribution in [0.1, 0.15) is 22.0 Å². The lowest BCUT2D eigenvalue weighted by molar-refractivity contribution is -0.384. The Hall–Kier alpha value is -3.78. The number of amides is 1. The van der Waals surface area contributed by atoms with E-state index in [1.165, 1.54) is 30.5 Å². The van der Waals surface area contributed by atoms with E-state index in [9.17, 15) is 24.5 Å². The zero-order chi connectivity index (χ0) is 21.8. The van der Waals surface area contributed by atoms with Gasteiger partial charge in [-0.1, -0.05) is 41.9 Å². The minimum absolute atomic E-state index is 0.0824. The zero-order valence-electron chi connectivity index (χ0n) is 15.7. The number of nitro benzene ring substituents is 1. The summed E-state index contributed by atoms with van der Waals surface area (Å²) in [7, 11) is 0. The largest absolute Gasteiger partial charge is 0.324 e. The van der Waals surface area contributed by atoms with Gasteiger partial charge in [-0.2, -0.15) is 0 Å². The molecule has 0 aliphatic carbocycles. The van der Waals surface area contributed by atoms with Crippen molar-refractivity contribution in [3.63, 3.8) is 0 Å². The van der Waals surface area contributed by atoms with Gasteiger partial charge < -0.3 is 5.32 Å². The monoisotopic (exact) mass is 425 g/mol. The first-order valence-electron chi connectivity index (χ1n) is 8.81. The van der Waals surface area contributed by atoms with Crippen LogP contribution in [-0.2, 0) is 4.79 Å². The average molecular weight is 426 g/mol. The van der Waals surface area contributed by atoms with E-state index in [0.717, 1.165) is 22.3 Å². The van der Waals surface area contributed by atoms with E-state index in [1.54, 1.807) is 31.2 Å². The number of nitro groups is 1. The topological polar surface area (TPSA) is 111 Å². The minimum Gasteiger partial charge on any atom is -0.324 e. The fourth-order valence-electron chi connectivity index (χ4n) is 2.89. The van der Waals surface area contributed by atoms with Crippen LogP contribution in [0.4, 0.5) is 11.4 Å². The molecule has 0 fully saturated rings. The highest BCUT2D eigenvalue weighted by Gasteiger charge is 2.31. The molecule has 3 rings (SSSR count). The summed E-state index contributed by atoms with van der Waals surface area (Å²) in [6.45, 7) is 1.78. The standard InChI is InChI=1S/C21H16ClN3O5/c1-13-5-2-3-8-17(13)23-21(28)19(24-12-15(22)9-10-18(24)26)20(27)14-6-4-7-16(11-14)25(29)30/h2-12,19H,1H3,(H,23,28). The van der Waals surface area contributed by atoms with Gasteiger partial charge in [0.2, 0.25) is 0 Å². The molecule has 0 saturated carbocycles. The summed E-state index contributed by atoms with van der Waals surface area (Å²) in [6, 6.07) is 12.8. The Morgan fingerprint density at radius 3 is 2.53 bits per heavy atom. The van der Waals surface area contributed by atoms with Crippen LogP contribution in [0.3, 0.4) is 0 Å². The Bertz CT molecular complexity index is 1200. The van der Waals surface area contributed by atoms with Gasteiger partial charge in [0.15, 0.2) is 11.8 Å². The second-order valence-corrected chi connectivity index (χ2v) is 6.91. The third-order valence-corrected chi connectivity index (χ3v) is 4.64. The van der Waals surface area contributed by atoms with E-state index < -0.39 is 28.2 Å². The number of para-hydroxylation sites is 1. The number of carbonyl (C=O) groups is 2. The smallest absolute Gasteiger partial charge is 0.270 e. The minimum atomic E-state index is -1.61. The van der Waals surface area contributed by atoms with Gasteiger partial charge in [-0.05, 0) is 24.6 Å². The average Bonchev–Trinajstić information content (AvgIpc) is 2.72. The molecule has 8 nitrogen and oxygen atoms in total. The van der Waals surface area contributed by atoms with E-state index in [4.69, 9.17) is 11.6 Å². The highest BCUT2D eigenvalue weighted by atomic mass is 35.5. The van der Waals surface area contributed by atoms with E-state index >= 15 is 0 Å². The number of ketones is 1. The zero-order valence-corrected chi connectivity index (χ0v) is 16.5. The molecular formula is C21H16ClN3O5. The highest BCUT2D eigenvalue weighted by molar-refractivity contribution is 6.30. The second kappa shape index (κ2) is 8.71. The van der Waals surface area contributed by atoms with Crippen molar-refractivity contribution >= 4 is 34.7 Å². The summed E-state index contributed by atoms with van der Waals surface area (Å²) >= 11 is 5.98. The highest BCUT2D eigenvalue weighted by Crippen LogP contribution is 2.22. The fourth-order valence-corrected chi connectivity index (χ4v) is 3.06. The number of nitrogens with one attached hydrogen (secondary N) is 1. The van der Waals surface area contributed by atoms with Crippen LogP contribution in [0.5, 0.6) is 0 Å². The summed E-state index contributed by atoms with van der Waals surface area (Å²) in [4.78, 5) is 49.1. The number of hydrogen-bond donors (Lipinski definition) is 1. The van der Waals surface area contributed by atoms with E-state index in [0.29, 0.717) is 5.69 Å². The van der Waals surface area contributed by atoms with Crippen LogP contribution in [0.15, 0.2) is 71.7 Å². The van der Waals surface area contributed by atoms with Crippen molar-refractivity contribution in [1.82, 2.24) is 4.57 Å². The first-order chi connectivity index (χ1) is 14.3. The summed E-state index contributed by atoms with van der Waals surface area (Å²) in [5.41, 5.74) is 0.210. The van der Waals surface area contributed by atoms with Gasteiger partial charge >= 0.3 is 0 Å². The Labute approximate surface area is 175 Å². The maximum absolute atomic E-state index is 13.2. The number of anilines is 1. The van der Waals surface area contributed by atoms with Gasteiger partial charge in [-0.15, -0.1) is 0 Å². The van der Waals surface area contributed by atoms with E-state index in [1.807, 2.05) is 0 Å². The number of hydrogen-bond acceptors (Lipinski definition) is 5. The Morgan fingerprint density at radius 1 is 1.10 bits per heavy atom. The molecule has 0 radical (unpaired) electrons. The fraction of sp³-hybridized carbons (Fsp3) is 0.0952. The lowest BCUT2D eigenvalue weighted by atomic mass is 10.0. The molecule has 2 aromatic carbocycles. The third kappa shape index (κ3) is 4.44. The molecule has 0 saturated heterocycles. The molecule has 1 N–H and O–H groups in total. The molecule has 152 valence electrons. The molecule has 1 aromatic heterocycles. The molecule has 9 heteroatoms. The maximum Gasteiger partial charge on any atom is 0.270 e. The molecule has 0 aliphatic heterocycles. The Kier molecular flexibility index (Phi) is 6.08. The number of carbonyl (C=O) groups excluding carboxylic acids is 2. The number of Topliss-reactive ketones (excluding diaryl/α,β-unsaturated/α-hetero) is 1. The Morgan fingerprint density at radius 2 is 1.83 bits per heavy atom. The van der Waals surface area contributed by atoms with Crippen molar-refractivity contribution in [2.75, 3.05) is 5.32 Å². The summed E-state index contributed by atoms with van der Waals surface area (Å²) in [5.74, 6) is -1.56. The van der Waals surface area contributed by atoms with Gasteiger partial charge in [0.1, 0.15) is 0 Å². The number of benzene rings is 2. The van der Waals surface area contributed by atoms with Crippen LogP contribution in [0.2, 0.25) is 5.02 Å². The van der Waals surface area contributed by atoms with Crippen LogP contribution in [0.25, 0.3) is 0 Å². The van der Waals surface area contributed by atoms with E-state index in [-0.39, 0.29) is 16.3 Å². The first-order valence-corrected chi connectivity index (χ1v) is 9.18. The predicted octanol–water partition coefficient (Wildman–Crippen LogP) is 3.78. The number of nitrogens with zero attached hydrogens (tertiary/aromatic N) is 2.